The molecular weight excluding hydrogens is 764 g/mol. The Balaban J connectivity index is 1.18. The molecule has 0 bridgehead atoms. The molecule has 0 saturated heterocycles. The molecule has 0 atom stereocenters. The zero-order valence-electron chi connectivity index (χ0n) is 35.3. The lowest BCUT2D eigenvalue weighted by Crippen LogP contribution is -2.61. The Hall–Kier alpha value is -5.88. The fourth-order valence-corrected chi connectivity index (χ4v) is 11.2. The van der Waals surface area contributed by atoms with E-state index in [1.165, 1.54) is 104 Å². The number of benzene rings is 7. The van der Waals surface area contributed by atoms with Crippen LogP contribution < -0.4 is 26.2 Å². The van der Waals surface area contributed by atoms with Gasteiger partial charge in [-0.3, -0.25) is 0 Å². The van der Waals surface area contributed by atoms with Crippen molar-refractivity contribution < 1.29 is 0 Å². The molecule has 292 valence electrons. The molecule has 2 aromatic heterocycles. The molecule has 11 rings (SSSR count). The Bertz CT molecular complexity index is 3160. The van der Waals surface area contributed by atoms with Crippen LogP contribution in [0.15, 0.2) is 156 Å². The first-order valence-electron chi connectivity index (χ1n) is 21.1. The molecule has 9 aromatic rings. The number of hydrogen-bond acceptors (Lipinski definition) is 4. The highest BCUT2D eigenvalue weighted by molar-refractivity contribution is 7.17. The van der Waals surface area contributed by atoms with Crippen LogP contribution in [0.4, 0.5) is 34.1 Å². The second-order valence-corrected chi connectivity index (χ2v) is 20.7. The van der Waals surface area contributed by atoms with Gasteiger partial charge in [0, 0.05) is 43.5 Å². The first-order valence-corrected chi connectivity index (χ1v) is 22.8. The molecule has 0 spiro atoms. The minimum atomic E-state index is -0.00894. The molecule has 7 aromatic carbocycles. The van der Waals surface area contributed by atoms with E-state index in [1.54, 1.807) is 11.3 Å². The van der Waals surface area contributed by atoms with Crippen molar-refractivity contribution in [1.29, 1.82) is 0 Å². The van der Waals surface area contributed by atoms with E-state index in [-0.39, 0.29) is 17.5 Å². The largest absolute Gasteiger partial charge is 0.311 e. The van der Waals surface area contributed by atoms with Crippen LogP contribution in [-0.2, 0) is 10.8 Å². The third kappa shape index (κ3) is 6.05. The highest BCUT2D eigenvalue weighted by Gasteiger charge is 2.44. The monoisotopic (exact) mass is 810 g/mol. The van der Waals surface area contributed by atoms with Crippen molar-refractivity contribution in [3.8, 4) is 22.3 Å². The number of anilines is 6. The van der Waals surface area contributed by atoms with Gasteiger partial charge in [0.1, 0.15) is 0 Å². The Kier molecular flexibility index (Phi) is 8.40. The zero-order chi connectivity index (χ0) is 41.1. The van der Waals surface area contributed by atoms with Crippen molar-refractivity contribution in [2.45, 2.75) is 59.3 Å². The summed E-state index contributed by atoms with van der Waals surface area (Å²) in [4.78, 5) is 5.11. The summed E-state index contributed by atoms with van der Waals surface area (Å²) >= 11 is 3.62. The van der Waals surface area contributed by atoms with Gasteiger partial charge in [-0.25, -0.2) is 0 Å². The Morgan fingerprint density at radius 2 is 1.00 bits per heavy atom. The quantitative estimate of drug-likeness (QED) is 0.163. The topological polar surface area (TPSA) is 6.48 Å². The van der Waals surface area contributed by atoms with Gasteiger partial charge in [0.25, 0.3) is 6.71 Å². The van der Waals surface area contributed by atoms with Gasteiger partial charge in [0.2, 0.25) is 0 Å². The maximum atomic E-state index is 2.57. The third-order valence-corrected chi connectivity index (χ3v) is 14.5. The van der Waals surface area contributed by atoms with E-state index in [0.717, 1.165) is 5.69 Å². The molecule has 0 N–H and O–H groups in total. The predicted molar refractivity (Wildman–Crippen MR) is 264 cm³/mol. The highest BCUT2D eigenvalue weighted by Crippen LogP contribution is 2.47. The number of rotatable bonds is 4. The third-order valence-electron chi connectivity index (χ3n) is 12.8. The van der Waals surface area contributed by atoms with Crippen LogP contribution in [0.1, 0.15) is 58.2 Å². The van der Waals surface area contributed by atoms with Gasteiger partial charge >= 0.3 is 0 Å². The second-order valence-electron chi connectivity index (χ2n) is 18.8. The smallest absolute Gasteiger partial charge is 0.252 e. The molecule has 0 fully saturated rings. The van der Waals surface area contributed by atoms with Gasteiger partial charge in [-0.05, 0) is 167 Å². The van der Waals surface area contributed by atoms with E-state index < -0.39 is 0 Å². The van der Waals surface area contributed by atoms with E-state index in [1.807, 2.05) is 11.3 Å². The van der Waals surface area contributed by atoms with E-state index in [9.17, 15) is 0 Å². The van der Waals surface area contributed by atoms with E-state index in [2.05, 4.69) is 215 Å². The molecule has 0 aliphatic carbocycles. The van der Waals surface area contributed by atoms with Crippen LogP contribution in [-0.4, -0.2) is 6.71 Å². The molecule has 0 amide bonds. The first-order chi connectivity index (χ1) is 28.9. The maximum absolute atomic E-state index is 2.57. The van der Waals surface area contributed by atoms with E-state index in [0.29, 0.717) is 0 Å². The molecule has 0 unspecified atom stereocenters. The van der Waals surface area contributed by atoms with Crippen molar-refractivity contribution in [1.82, 2.24) is 0 Å². The molecule has 5 heteroatoms. The molecule has 2 aliphatic heterocycles. The summed E-state index contributed by atoms with van der Waals surface area (Å²) in [6.07, 6.45) is 0. The average molecular weight is 811 g/mol. The van der Waals surface area contributed by atoms with Crippen molar-refractivity contribution in [3.63, 3.8) is 0 Å². The molecule has 60 heavy (non-hydrogen) atoms. The Labute approximate surface area is 362 Å². The molecule has 0 saturated carbocycles. The summed E-state index contributed by atoms with van der Waals surface area (Å²) in [7, 11) is 0. The second kappa shape index (κ2) is 13.6. The summed E-state index contributed by atoms with van der Waals surface area (Å²) in [5.74, 6) is 0. The summed E-state index contributed by atoms with van der Waals surface area (Å²) in [5, 5.41) is 6.97. The van der Waals surface area contributed by atoms with E-state index in [4.69, 9.17) is 0 Å². The van der Waals surface area contributed by atoms with Gasteiger partial charge < -0.3 is 9.80 Å². The van der Waals surface area contributed by atoms with Crippen LogP contribution in [0.25, 0.3) is 42.4 Å². The number of fused-ring (bicyclic) bond motifs is 6. The SMILES string of the molecule is Cc1cc2c3c(c1)N(c1cccc(-c4ccc5ccsc5c4)c1)c1cc(-c4ccc5ccsc5c4)ccc1B3c1cc(C(C)(C)C)ccc1N2c1ccc(C(C)(C)C)cc1. The highest BCUT2D eigenvalue weighted by atomic mass is 32.1. The van der Waals surface area contributed by atoms with Gasteiger partial charge in [0.05, 0.1) is 0 Å². The Morgan fingerprint density at radius 1 is 0.433 bits per heavy atom. The Morgan fingerprint density at radius 3 is 1.63 bits per heavy atom. The lowest BCUT2D eigenvalue weighted by Gasteiger charge is -2.45. The minimum Gasteiger partial charge on any atom is -0.311 e. The van der Waals surface area contributed by atoms with Gasteiger partial charge in [-0.1, -0.05) is 114 Å². The van der Waals surface area contributed by atoms with Crippen LogP contribution in [0, 0.1) is 6.92 Å². The maximum Gasteiger partial charge on any atom is 0.252 e. The van der Waals surface area contributed by atoms with Crippen molar-refractivity contribution >= 4 is 100 Å². The summed E-state index contributed by atoms with van der Waals surface area (Å²) in [6, 6.07) is 56.1. The zero-order valence-corrected chi connectivity index (χ0v) is 36.9. The minimum absolute atomic E-state index is 0.00894. The van der Waals surface area contributed by atoms with Crippen molar-refractivity contribution in [3.05, 3.63) is 173 Å². The lowest BCUT2D eigenvalue weighted by atomic mass is 9.33. The average Bonchev–Trinajstić information content (AvgIpc) is 3.92. The number of nitrogens with zero attached hydrogens (tertiary/aromatic N) is 2. The fraction of sp³-hybridized carbons (Fsp3) is 0.164. The fourth-order valence-electron chi connectivity index (χ4n) is 9.54. The normalized spacial score (nSPS) is 13.5. The number of hydrogen-bond donors (Lipinski definition) is 0. The molecule has 4 heterocycles. The summed E-state index contributed by atoms with van der Waals surface area (Å²) in [6.45, 7) is 16.2. The lowest BCUT2D eigenvalue weighted by molar-refractivity contribution is 0.590. The van der Waals surface area contributed by atoms with Crippen LogP contribution >= 0.6 is 22.7 Å². The number of thiophene rings is 2. The van der Waals surface area contributed by atoms with Crippen molar-refractivity contribution in [2.24, 2.45) is 0 Å². The van der Waals surface area contributed by atoms with Gasteiger partial charge in [-0.2, -0.15) is 0 Å². The summed E-state index contributed by atoms with van der Waals surface area (Å²) in [5.41, 5.74) is 20.2. The van der Waals surface area contributed by atoms with Crippen LogP contribution in [0.5, 0.6) is 0 Å². The molecular formula is C55H47BN2S2. The number of aryl methyl sites for hydroxylation is 1. The first kappa shape index (κ1) is 37.1. The van der Waals surface area contributed by atoms with Crippen LogP contribution in [0.3, 0.4) is 0 Å². The summed E-state index contributed by atoms with van der Waals surface area (Å²) < 4.78 is 2.63. The van der Waals surface area contributed by atoms with Gasteiger partial charge in [0.15, 0.2) is 0 Å². The predicted octanol–water partition coefficient (Wildman–Crippen LogP) is 14.4. The molecule has 0 radical (unpaired) electrons. The van der Waals surface area contributed by atoms with Crippen LogP contribution in [0.2, 0.25) is 0 Å². The molecule has 2 aliphatic rings. The van der Waals surface area contributed by atoms with Crippen molar-refractivity contribution in [2.75, 3.05) is 9.80 Å². The van der Waals surface area contributed by atoms with E-state index >= 15 is 0 Å². The molecule has 2 nitrogen and oxygen atoms in total. The standard InChI is InChI=1S/C55H47BN2S2/c1-34-27-49-53-50(28-34)58(44-10-8-9-37(29-44)39-13-11-35-23-25-59-51(35)31-39)48-30-38(40-14-12-36-24-26-60-52(36)32-40)15-21-45(48)56(53)46-33-42(55(5,6)7)18-22-47(46)57(49)43-19-16-41(17-20-43)54(2,3)4/h8-33H,1-7H3. The van der Waals surface area contributed by atoms with Gasteiger partial charge in [-0.15, -0.1) is 22.7 Å².